The zero-order valence-corrected chi connectivity index (χ0v) is 20.9. The number of para-hydroxylation sites is 2. The monoisotopic (exact) mass is 460 g/mol. The Bertz CT molecular complexity index is 1150. The molecule has 2 aromatic carbocycles. The number of anilines is 3. The quantitative estimate of drug-likeness (QED) is 0.441. The number of nitrogens with zero attached hydrogens (tertiary/aromatic N) is 3. The van der Waals surface area contributed by atoms with Crippen molar-refractivity contribution < 1.29 is 4.79 Å². The summed E-state index contributed by atoms with van der Waals surface area (Å²) in [6.45, 7) is 6.33. The maximum Gasteiger partial charge on any atom is 0.319 e. The predicted molar refractivity (Wildman–Crippen MR) is 141 cm³/mol. The van der Waals surface area contributed by atoms with Crippen LogP contribution in [0.4, 0.5) is 22.2 Å². The summed E-state index contributed by atoms with van der Waals surface area (Å²) >= 11 is 0. The molecule has 7 nitrogen and oxygen atoms in total. The molecule has 0 spiro atoms. The first-order chi connectivity index (χ1) is 16.3. The highest BCUT2D eigenvalue weighted by Crippen LogP contribution is 2.28. The van der Waals surface area contributed by atoms with Crippen molar-refractivity contribution in [1.29, 1.82) is 0 Å². The van der Waals surface area contributed by atoms with Gasteiger partial charge in [-0.05, 0) is 61.8 Å². The Morgan fingerprint density at radius 3 is 2.38 bits per heavy atom. The molecule has 1 fully saturated rings. The van der Waals surface area contributed by atoms with Crippen molar-refractivity contribution in [2.24, 2.45) is 0 Å². The lowest BCUT2D eigenvalue weighted by Gasteiger charge is -2.30. The SMILES string of the molecule is Cc1cccc(C(C)C)c1NC(=O)N[C@H]1CC[C@@H](Nc2nc(N(C)C)c3ccccc3n2)CC1. The fourth-order valence-electron chi connectivity index (χ4n) is 4.71. The molecule has 1 heterocycles. The number of nitrogens with one attached hydrogen (secondary N) is 3. The molecule has 0 bridgehead atoms. The van der Waals surface area contributed by atoms with Gasteiger partial charge in [0.05, 0.1) is 5.52 Å². The lowest BCUT2D eigenvalue weighted by atomic mass is 9.91. The first-order valence-corrected chi connectivity index (χ1v) is 12.2. The molecule has 2 amide bonds. The maximum atomic E-state index is 12.7. The van der Waals surface area contributed by atoms with Crippen LogP contribution in [0, 0.1) is 6.92 Å². The van der Waals surface area contributed by atoms with Crippen molar-refractivity contribution >= 4 is 34.4 Å². The second-order valence-electron chi connectivity index (χ2n) is 9.77. The molecule has 1 saturated carbocycles. The van der Waals surface area contributed by atoms with E-state index in [-0.39, 0.29) is 12.1 Å². The van der Waals surface area contributed by atoms with Gasteiger partial charge in [-0.2, -0.15) is 4.98 Å². The van der Waals surface area contributed by atoms with E-state index in [1.54, 1.807) is 0 Å². The number of rotatable bonds is 6. The van der Waals surface area contributed by atoms with Crippen molar-refractivity contribution in [3.05, 3.63) is 53.6 Å². The number of fused-ring (bicyclic) bond motifs is 1. The summed E-state index contributed by atoms with van der Waals surface area (Å²) in [5.41, 5.74) is 4.11. The molecule has 1 aliphatic carbocycles. The molecule has 0 aliphatic heterocycles. The molecule has 1 aliphatic rings. The minimum atomic E-state index is -0.124. The Hall–Kier alpha value is -3.35. The average Bonchev–Trinajstić information content (AvgIpc) is 2.81. The minimum Gasteiger partial charge on any atom is -0.362 e. The number of carbonyl (C=O) groups is 1. The first-order valence-electron chi connectivity index (χ1n) is 12.2. The van der Waals surface area contributed by atoms with E-state index in [0.29, 0.717) is 17.9 Å². The van der Waals surface area contributed by atoms with Gasteiger partial charge in [0.2, 0.25) is 5.95 Å². The molecule has 180 valence electrons. The highest BCUT2D eigenvalue weighted by atomic mass is 16.2. The Morgan fingerprint density at radius 2 is 1.68 bits per heavy atom. The Labute approximate surface area is 202 Å². The second kappa shape index (κ2) is 10.3. The Kier molecular flexibility index (Phi) is 7.20. The number of hydrogen-bond acceptors (Lipinski definition) is 5. The summed E-state index contributed by atoms with van der Waals surface area (Å²) in [7, 11) is 4.00. The van der Waals surface area contributed by atoms with Crippen LogP contribution in [-0.2, 0) is 0 Å². The predicted octanol–water partition coefficient (Wildman–Crippen LogP) is 5.67. The van der Waals surface area contributed by atoms with E-state index in [4.69, 9.17) is 9.97 Å². The van der Waals surface area contributed by atoms with Gasteiger partial charge in [0.25, 0.3) is 0 Å². The number of hydrogen-bond donors (Lipinski definition) is 3. The summed E-state index contributed by atoms with van der Waals surface area (Å²) in [5.74, 6) is 1.93. The van der Waals surface area contributed by atoms with Crippen molar-refractivity contribution in [3.63, 3.8) is 0 Å². The molecule has 4 rings (SSSR count). The van der Waals surface area contributed by atoms with Crippen LogP contribution in [0.5, 0.6) is 0 Å². The fraction of sp³-hybridized carbons (Fsp3) is 0.444. The van der Waals surface area contributed by atoms with Gasteiger partial charge in [-0.25, -0.2) is 9.78 Å². The van der Waals surface area contributed by atoms with Crippen LogP contribution in [0.1, 0.15) is 56.6 Å². The standard InChI is InChI=1S/C27H36N6O/c1-17(2)21-11-8-9-18(3)24(21)31-27(34)29-20-15-13-19(14-16-20)28-26-30-23-12-7-6-10-22(23)25(32-26)33(4)5/h6-12,17,19-20H,13-16H2,1-5H3,(H,28,30,32)(H2,29,31,34)/t19-,20+. The summed E-state index contributed by atoms with van der Waals surface area (Å²) in [5, 5.41) is 10.9. The molecule has 0 unspecified atom stereocenters. The molecule has 0 atom stereocenters. The van der Waals surface area contributed by atoms with Gasteiger partial charge in [0, 0.05) is 37.3 Å². The van der Waals surface area contributed by atoms with Gasteiger partial charge in [-0.1, -0.05) is 44.2 Å². The van der Waals surface area contributed by atoms with Gasteiger partial charge in [-0.3, -0.25) is 0 Å². The minimum absolute atomic E-state index is 0.124. The largest absolute Gasteiger partial charge is 0.362 e. The number of benzene rings is 2. The molecular weight excluding hydrogens is 424 g/mol. The number of amides is 2. The smallest absolute Gasteiger partial charge is 0.319 e. The van der Waals surface area contributed by atoms with E-state index in [1.807, 2.05) is 56.3 Å². The normalized spacial score (nSPS) is 18.1. The number of aryl methyl sites for hydroxylation is 1. The summed E-state index contributed by atoms with van der Waals surface area (Å²) in [6.07, 6.45) is 3.76. The molecular formula is C27H36N6O. The highest BCUT2D eigenvalue weighted by Gasteiger charge is 2.24. The van der Waals surface area contributed by atoms with Gasteiger partial charge >= 0.3 is 6.03 Å². The van der Waals surface area contributed by atoms with Gasteiger partial charge in [0.1, 0.15) is 5.82 Å². The summed E-state index contributed by atoms with van der Waals surface area (Å²) < 4.78 is 0. The molecule has 3 aromatic rings. The van der Waals surface area contributed by atoms with Crippen LogP contribution >= 0.6 is 0 Å². The molecule has 34 heavy (non-hydrogen) atoms. The number of aromatic nitrogens is 2. The molecule has 0 radical (unpaired) electrons. The van der Waals surface area contributed by atoms with Crippen LogP contribution in [0.3, 0.4) is 0 Å². The fourth-order valence-corrected chi connectivity index (χ4v) is 4.71. The lowest BCUT2D eigenvalue weighted by molar-refractivity contribution is 0.243. The highest BCUT2D eigenvalue weighted by molar-refractivity contribution is 5.91. The van der Waals surface area contributed by atoms with Gasteiger partial charge < -0.3 is 20.9 Å². The van der Waals surface area contributed by atoms with Crippen molar-refractivity contribution in [1.82, 2.24) is 15.3 Å². The van der Waals surface area contributed by atoms with Gasteiger partial charge in [0.15, 0.2) is 0 Å². The third-order valence-corrected chi connectivity index (χ3v) is 6.57. The van der Waals surface area contributed by atoms with Crippen molar-refractivity contribution in [2.75, 3.05) is 29.6 Å². The van der Waals surface area contributed by atoms with Crippen LogP contribution in [-0.4, -0.2) is 42.2 Å². The summed E-state index contributed by atoms with van der Waals surface area (Å²) in [6, 6.07) is 14.6. The topological polar surface area (TPSA) is 82.2 Å². The van der Waals surface area contributed by atoms with Crippen LogP contribution in [0.2, 0.25) is 0 Å². The molecule has 1 aromatic heterocycles. The van der Waals surface area contributed by atoms with E-state index >= 15 is 0 Å². The van der Waals surface area contributed by atoms with E-state index in [1.165, 1.54) is 0 Å². The molecule has 3 N–H and O–H groups in total. The number of urea groups is 1. The Morgan fingerprint density at radius 1 is 0.971 bits per heavy atom. The third kappa shape index (κ3) is 5.41. The van der Waals surface area contributed by atoms with E-state index in [2.05, 4.69) is 41.9 Å². The molecule has 0 saturated heterocycles. The number of carbonyl (C=O) groups excluding carboxylic acids is 1. The van der Waals surface area contributed by atoms with Crippen LogP contribution in [0.25, 0.3) is 10.9 Å². The van der Waals surface area contributed by atoms with E-state index in [9.17, 15) is 4.79 Å². The zero-order chi connectivity index (χ0) is 24.2. The zero-order valence-electron chi connectivity index (χ0n) is 20.9. The van der Waals surface area contributed by atoms with Crippen LogP contribution < -0.4 is 20.9 Å². The third-order valence-electron chi connectivity index (χ3n) is 6.57. The Balaban J connectivity index is 1.34. The second-order valence-corrected chi connectivity index (χ2v) is 9.77. The maximum absolute atomic E-state index is 12.7. The van der Waals surface area contributed by atoms with Gasteiger partial charge in [-0.15, -0.1) is 0 Å². The molecule has 7 heteroatoms. The van der Waals surface area contributed by atoms with Crippen molar-refractivity contribution in [2.45, 2.75) is 64.5 Å². The van der Waals surface area contributed by atoms with Crippen LogP contribution in [0.15, 0.2) is 42.5 Å². The first kappa shape index (κ1) is 23.8. The summed E-state index contributed by atoms with van der Waals surface area (Å²) in [4.78, 5) is 24.3. The van der Waals surface area contributed by atoms with Crippen molar-refractivity contribution in [3.8, 4) is 0 Å². The lowest BCUT2D eigenvalue weighted by Crippen LogP contribution is -2.42. The average molecular weight is 461 g/mol. The van der Waals surface area contributed by atoms with E-state index in [0.717, 1.165) is 59.2 Å². The van der Waals surface area contributed by atoms with E-state index < -0.39 is 0 Å².